The van der Waals surface area contributed by atoms with Crippen molar-refractivity contribution in [2.75, 3.05) is 23.8 Å². The monoisotopic (exact) mass is 323 g/mol. The van der Waals surface area contributed by atoms with E-state index >= 15 is 0 Å². The molecular formula is C11H21N3O4S2. The van der Waals surface area contributed by atoms with E-state index in [1.807, 2.05) is 0 Å². The van der Waals surface area contributed by atoms with Crippen LogP contribution in [0, 0.1) is 5.92 Å². The summed E-state index contributed by atoms with van der Waals surface area (Å²) in [7, 11) is -3.35. The lowest BCUT2D eigenvalue weighted by Gasteiger charge is -2.36. The normalized spacial score (nSPS) is 22.6. The Bertz CT molecular complexity index is 478. The third kappa shape index (κ3) is 3.57. The Kier molecular flexibility index (Phi) is 6.12. The zero-order valence-electron chi connectivity index (χ0n) is 11.7. The largest absolute Gasteiger partial charge is 0.409 e. The smallest absolute Gasteiger partial charge is 0.234 e. The van der Waals surface area contributed by atoms with Gasteiger partial charge in [0, 0.05) is 23.8 Å². The van der Waals surface area contributed by atoms with E-state index in [0.29, 0.717) is 24.5 Å². The van der Waals surface area contributed by atoms with Gasteiger partial charge >= 0.3 is 0 Å². The van der Waals surface area contributed by atoms with E-state index in [4.69, 9.17) is 10.9 Å². The lowest BCUT2D eigenvalue weighted by molar-refractivity contribution is -0.133. The van der Waals surface area contributed by atoms with Gasteiger partial charge in [-0.2, -0.15) is 11.8 Å². The molecule has 0 saturated carbocycles. The van der Waals surface area contributed by atoms with Gasteiger partial charge in [0.05, 0.1) is 5.92 Å². The number of sulfone groups is 1. The standard InChI is InChI=1S/C11H21N3O4S2/c1-3-8(10(12)13-16)11(15)14-5-6-19-7-9(14)20(17,18)4-2/h8-9,16H,3-7H2,1-2H3,(H2,12,13). The quantitative estimate of drug-likeness (QED) is 0.321. The van der Waals surface area contributed by atoms with Crippen molar-refractivity contribution in [3.63, 3.8) is 0 Å². The first-order chi connectivity index (χ1) is 9.38. The Morgan fingerprint density at radius 2 is 2.20 bits per heavy atom. The maximum atomic E-state index is 12.5. The first-order valence-corrected chi connectivity index (χ1v) is 9.33. The number of hydrogen-bond donors (Lipinski definition) is 2. The number of carbonyl (C=O) groups excluding carboxylic acids is 1. The van der Waals surface area contributed by atoms with Crippen LogP contribution in [0.3, 0.4) is 0 Å². The van der Waals surface area contributed by atoms with Crippen molar-refractivity contribution in [2.45, 2.75) is 25.6 Å². The molecule has 0 aromatic carbocycles. The lowest BCUT2D eigenvalue weighted by atomic mass is 10.0. The molecule has 3 N–H and O–H groups in total. The lowest BCUT2D eigenvalue weighted by Crippen LogP contribution is -2.54. The molecule has 0 aromatic rings. The number of nitrogens with two attached hydrogens (primary N) is 1. The number of carbonyl (C=O) groups is 1. The Balaban J connectivity index is 3.04. The summed E-state index contributed by atoms with van der Waals surface area (Å²) in [6.45, 7) is 3.67. The molecule has 1 rings (SSSR count). The average molecular weight is 323 g/mol. The van der Waals surface area contributed by atoms with Crippen molar-refractivity contribution in [1.29, 1.82) is 0 Å². The van der Waals surface area contributed by atoms with Gasteiger partial charge in [0.2, 0.25) is 5.91 Å². The zero-order chi connectivity index (χ0) is 15.3. The average Bonchev–Trinajstić information content (AvgIpc) is 2.47. The second kappa shape index (κ2) is 7.16. The Labute approximate surface area is 123 Å². The highest BCUT2D eigenvalue weighted by atomic mass is 32.2. The van der Waals surface area contributed by atoms with E-state index in [1.54, 1.807) is 13.8 Å². The summed E-state index contributed by atoms with van der Waals surface area (Å²) in [5.41, 5.74) is 5.52. The van der Waals surface area contributed by atoms with Crippen LogP contribution in [0.4, 0.5) is 0 Å². The molecule has 9 heteroatoms. The Morgan fingerprint density at radius 3 is 2.70 bits per heavy atom. The van der Waals surface area contributed by atoms with Gasteiger partial charge in [-0.25, -0.2) is 8.42 Å². The molecule has 0 spiro atoms. The summed E-state index contributed by atoms with van der Waals surface area (Å²) < 4.78 is 24.2. The second-order valence-corrected chi connectivity index (χ2v) is 8.10. The SMILES string of the molecule is CCC(C(=O)N1CCSCC1S(=O)(=O)CC)C(N)=NO. The van der Waals surface area contributed by atoms with Crippen molar-refractivity contribution in [1.82, 2.24) is 4.90 Å². The Morgan fingerprint density at radius 1 is 1.55 bits per heavy atom. The molecule has 0 bridgehead atoms. The van der Waals surface area contributed by atoms with E-state index in [1.165, 1.54) is 16.7 Å². The van der Waals surface area contributed by atoms with Crippen LogP contribution in [0.1, 0.15) is 20.3 Å². The van der Waals surface area contributed by atoms with Gasteiger partial charge in [0.15, 0.2) is 15.7 Å². The summed E-state index contributed by atoms with van der Waals surface area (Å²) in [6, 6.07) is 0. The van der Waals surface area contributed by atoms with E-state index in [0.717, 1.165) is 0 Å². The van der Waals surface area contributed by atoms with Crippen LogP contribution >= 0.6 is 11.8 Å². The second-order valence-electron chi connectivity index (χ2n) is 4.50. The van der Waals surface area contributed by atoms with Crippen LogP contribution in [0.2, 0.25) is 0 Å². The summed E-state index contributed by atoms with van der Waals surface area (Å²) in [4.78, 5) is 13.8. The predicted molar refractivity (Wildman–Crippen MR) is 79.5 cm³/mol. The highest BCUT2D eigenvalue weighted by Crippen LogP contribution is 2.24. The fourth-order valence-corrected chi connectivity index (χ4v) is 5.08. The third-order valence-corrected chi connectivity index (χ3v) is 6.65. The molecule has 1 aliphatic rings. The number of amidine groups is 1. The fraction of sp³-hybridized carbons (Fsp3) is 0.818. The molecular weight excluding hydrogens is 302 g/mol. The van der Waals surface area contributed by atoms with Gasteiger partial charge < -0.3 is 15.8 Å². The molecule has 0 aliphatic carbocycles. The van der Waals surface area contributed by atoms with Crippen LogP contribution in [-0.4, -0.2) is 59.4 Å². The van der Waals surface area contributed by atoms with Crippen molar-refractivity contribution in [3.8, 4) is 0 Å². The minimum absolute atomic E-state index is 0.0115. The molecule has 1 saturated heterocycles. The fourth-order valence-electron chi connectivity index (χ4n) is 2.10. The van der Waals surface area contributed by atoms with Crippen molar-refractivity contribution in [3.05, 3.63) is 0 Å². The molecule has 1 aliphatic heterocycles. The van der Waals surface area contributed by atoms with Crippen molar-refractivity contribution < 1.29 is 18.4 Å². The first kappa shape index (κ1) is 17.1. The van der Waals surface area contributed by atoms with Crippen LogP contribution in [0.25, 0.3) is 0 Å². The molecule has 2 atom stereocenters. The van der Waals surface area contributed by atoms with Gasteiger partial charge in [-0.05, 0) is 6.42 Å². The third-order valence-electron chi connectivity index (χ3n) is 3.36. The number of nitrogens with zero attached hydrogens (tertiary/aromatic N) is 2. The molecule has 0 radical (unpaired) electrons. The molecule has 116 valence electrons. The van der Waals surface area contributed by atoms with Crippen LogP contribution in [0.15, 0.2) is 5.16 Å². The molecule has 0 aromatic heterocycles. The molecule has 7 nitrogen and oxygen atoms in total. The predicted octanol–water partition coefficient (Wildman–Crippen LogP) is 0.0952. The zero-order valence-corrected chi connectivity index (χ0v) is 13.3. The number of rotatable bonds is 5. The highest BCUT2D eigenvalue weighted by molar-refractivity contribution is 8.01. The number of amides is 1. The number of thioether (sulfide) groups is 1. The first-order valence-electron chi connectivity index (χ1n) is 6.46. The van der Waals surface area contributed by atoms with Gasteiger partial charge in [-0.15, -0.1) is 0 Å². The molecule has 1 amide bonds. The van der Waals surface area contributed by atoms with Crippen LogP contribution in [-0.2, 0) is 14.6 Å². The maximum absolute atomic E-state index is 12.5. The molecule has 1 fully saturated rings. The summed E-state index contributed by atoms with van der Waals surface area (Å²) >= 11 is 1.52. The topological polar surface area (TPSA) is 113 Å². The van der Waals surface area contributed by atoms with Gasteiger partial charge in [-0.3, -0.25) is 4.79 Å². The van der Waals surface area contributed by atoms with Crippen molar-refractivity contribution in [2.24, 2.45) is 16.8 Å². The van der Waals surface area contributed by atoms with E-state index in [-0.39, 0.29) is 17.5 Å². The van der Waals surface area contributed by atoms with E-state index in [2.05, 4.69) is 5.16 Å². The minimum atomic E-state index is -3.35. The van der Waals surface area contributed by atoms with Gasteiger partial charge in [-0.1, -0.05) is 19.0 Å². The molecule has 1 heterocycles. The molecule has 2 unspecified atom stereocenters. The minimum Gasteiger partial charge on any atom is -0.409 e. The Hall–Kier alpha value is -0.960. The number of oxime groups is 1. The summed E-state index contributed by atoms with van der Waals surface area (Å²) in [5.74, 6) is -0.295. The highest BCUT2D eigenvalue weighted by Gasteiger charge is 2.38. The summed E-state index contributed by atoms with van der Waals surface area (Å²) in [6.07, 6.45) is 0.358. The maximum Gasteiger partial charge on any atom is 0.234 e. The van der Waals surface area contributed by atoms with Gasteiger partial charge in [0.25, 0.3) is 0 Å². The van der Waals surface area contributed by atoms with E-state index < -0.39 is 21.1 Å². The van der Waals surface area contributed by atoms with Crippen LogP contribution < -0.4 is 5.73 Å². The van der Waals surface area contributed by atoms with Crippen LogP contribution in [0.5, 0.6) is 0 Å². The summed E-state index contributed by atoms with van der Waals surface area (Å²) in [5, 5.41) is 10.8. The molecule has 20 heavy (non-hydrogen) atoms. The van der Waals surface area contributed by atoms with Crippen molar-refractivity contribution >= 4 is 33.3 Å². The van der Waals surface area contributed by atoms with Gasteiger partial charge in [0.1, 0.15) is 5.37 Å². The number of hydrogen-bond acceptors (Lipinski definition) is 6. The van der Waals surface area contributed by atoms with E-state index in [9.17, 15) is 13.2 Å².